The summed E-state index contributed by atoms with van der Waals surface area (Å²) in [5.41, 5.74) is 2.95. The van der Waals surface area contributed by atoms with Gasteiger partial charge in [0.1, 0.15) is 0 Å². The maximum absolute atomic E-state index is 11.2. The van der Waals surface area contributed by atoms with Crippen LogP contribution in [0.4, 0.5) is 5.69 Å². The van der Waals surface area contributed by atoms with E-state index < -0.39 is 0 Å². The maximum atomic E-state index is 11.2. The normalized spacial score (nSPS) is 20.4. The van der Waals surface area contributed by atoms with Gasteiger partial charge in [-0.05, 0) is 25.5 Å². The zero-order valence-corrected chi connectivity index (χ0v) is 10.5. The molecule has 1 aliphatic heterocycles. The number of carbonyl (C=O) groups excluding carboxylic acids is 1. The van der Waals surface area contributed by atoms with Crippen LogP contribution in [0.15, 0.2) is 18.2 Å². The van der Waals surface area contributed by atoms with Crippen LogP contribution in [0.5, 0.6) is 0 Å². The minimum absolute atomic E-state index is 0.380. The molecule has 17 heavy (non-hydrogen) atoms. The second-order valence-electron chi connectivity index (χ2n) is 4.51. The van der Waals surface area contributed by atoms with Gasteiger partial charge in [-0.25, -0.2) is 0 Å². The van der Waals surface area contributed by atoms with Crippen LogP contribution < -0.4 is 4.90 Å². The Morgan fingerprint density at radius 3 is 3.06 bits per heavy atom. The smallest absolute Gasteiger partial charge is 0.152 e. The molecule has 3 heteroatoms. The number of aldehydes is 1. The lowest BCUT2D eigenvalue weighted by Crippen LogP contribution is -2.45. The summed E-state index contributed by atoms with van der Waals surface area (Å²) in [4.78, 5) is 13.5. The van der Waals surface area contributed by atoms with Crippen molar-refractivity contribution in [1.29, 1.82) is 0 Å². The molecule has 1 aromatic carbocycles. The number of anilines is 1. The minimum Gasteiger partial charge on any atom is -0.377 e. The predicted molar refractivity (Wildman–Crippen MR) is 68.8 cm³/mol. The molecule has 92 valence electrons. The van der Waals surface area contributed by atoms with Gasteiger partial charge < -0.3 is 9.64 Å². The Hall–Kier alpha value is -1.35. The molecule has 1 aliphatic rings. The number of carbonyl (C=O) groups is 1. The van der Waals surface area contributed by atoms with Gasteiger partial charge in [0.15, 0.2) is 6.29 Å². The molecule has 0 radical (unpaired) electrons. The van der Waals surface area contributed by atoms with Crippen molar-refractivity contribution in [3.63, 3.8) is 0 Å². The van der Waals surface area contributed by atoms with Gasteiger partial charge in [0.2, 0.25) is 0 Å². The molecule has 0 spiro atoms. The first kappa shape index (κ1) is 12.1. The molecule has 1 fully saturated rings. The summed E-state index contributed by atoms with van der Waals surface area (Å²) in [5, 5.41) is 0. The lowest BCUT2D eigenvalue weighted by Gasteiger charge is -2.37. The largest absolute Gasteiger partial charge is 0.377 e. The quantitative estimate of drug-likeness (QED) is 0.751. The van der Waals surface area contributed by atoms with Crippen LogP contribution in [0, 0.1) is 6.92 Å². The van der Waals surface area contributed by atoms with E-state index >= 15 is 0 Å². The molecule has 2 rings (SSSR count). The van der Waals surface area contributed by atoms with E-state index in [1.807, 2.05) is 19.1 Å². The van der Waals surface area contributed by atoms with Crippen LogP contribution in [0.25, 0.3) is 0 Å². The van der Waals surface area contributed by atoms with Gasteiger partial charge in [0, 0.05) is 17.8 Å². The van der Waals surface area contributed by atoms with Crippen molar-refractivity contribution >= 4 is 12.0 Å². The third-order valence-corrected chi connectivity index (χ3v) is 3.32. The van der Waals surface area contributed by atoms with E-state index in [9.17, 15) is 4.79 Å². The van der Waals surface area contributed by atoms with Crippen LogP contribution >= 0.6 is 0 Å². The first-order valence-electron chi connectivity index (χ1n) is 6.16. The molecule has 0 saturated carbocycles. The van der Waals surface area contributed by atoms with Gasteiger partial charge in [-0.3, -0.25) is 4.79 Å². The molecule has 0 bridgehead atoms. The second-order valence-corrected chi connectivity index (χ2v) is 4.51. The number of hydrogen-bond donors (Lipinski definition) is 0. The van der Waals surface area contributed by atoms with E-state index in [1.165, 1.54) is 0 Å². The Bertz CT molecular complexity index is 403. The number of benzene rings is 1. The summed E-state index contributed by atoms with van der Waals surface area (Å²) in [5.74, 6) is 0. The van der Waals surface area contributed by atoms with Crippen molar-refractivity contribution in [2.24, 2.45) is 0 Å². The molecule has 1 atom stereocenters. The highest BCUT2D eigenvalue weighted by molar-refractivity contribution is 5.85. The van der Waals surface area contributed by atoms with E-state index in [0.717, 1.165) is 49.3 Å². The third-order valence-electron chi connectivity index (χ3n) is 3.32. The molecule has 0 amide bonds. The zero-order chi connectivity index (χ0) is 12.3. The average Bonchev–Trinajstić information content (AvgIpc) is 2.38. The fourth-order valence-corrected chi connectivity index (χ4v) is 2.34. The molecule has 0 aliphatic carbocycles. The van der Waals surface area contributed by atoms with Gasteiger partial charge in [-0.1, -0.05) is 18.6 Å². The molecule has 1 heterocycles. The zero-order valence-electron chi connectivity index (χ0n) is 10.5. The van der Waals surface area contributed by atoms with Crippen LogP contribution in [0.2, 0.25) is 0 Å². The van der Waals surface area contributed by atoms with E-state index in [2.05, 4.69) is 17.9 Å². The van der Waals surface area contributed by atoms with Crippen molar-refractivity contribution in [1.82, 2.24) is 0 Å². The van der Waals surface area contributed by atoms with Crippen molar-refractivity contribution in [2.45, 2.75) is 26.3 Å². The van der Waals surface area contributed by atoms with E-state index in [-0.39, 0.29) is 0 Å². The molecular weight excluding hydrogens is 214 g/mol. The topological polar surface area (TPSA) is 29.5 Å². The van der Waals surface area contributed by atoms with Gasteiger partial charge >= 0.3 is 0 Å². The summed E-state index contributed by atoms with van der Waals surface area (Å²) < 4.78 is 5.49. The standard InChI is InChI=1S/C14H19NO2/c1-3-13-10-17-7-6-15(13)14-5-4-11(2)8-12(14)9-16/h4-5,8-9,13H,3,6-7,10H2,1-2H3. The first-order valence-corrected chi connectivity index (χ1v) is 6.16. The number of hydrogen-bond acceptors (Lipinski definition) is 3. The molecule has 3 nitrogen and oxygen atoms in total. The Labute approximate surface area is 102 Å². The summed E-state index contributed by atoms with van der Waals surface area (Å²) in [6.45, 7) is 6.52. The van der Waals surface area contributed by atoms with Gasteiger partial charge in [-0.2, -0.15) is 0 Å². The molecule has 1 saturated heterocycles. The highest BCUT2D eigenvalue weighted by Crippen LogP contribution is 2.25. The number of morpholine rings is 1. The Balaban J connectivity index is 2.34. The minimum atomic E-state index is 0.380. The third kappa shape index (κ3) is 2.50. The maximum Gasteiger partial charge on any atom is 0.152 e. The second kappa shape index (κ2) is 5.32. The van der Waals surface area contributed by atoms with Crippen molar-refractivity contribution in [3.05, 3.63) is 29.3 Å². The summed E-state index contributed by atoms with van der Waals surface area (Å²) in [7, 11) is 0. The molecular formula is C14H19NO2. The lowest BCUT2D eigenvalue weighted by molar-refractivity contribution is 0.0927. The molecule has 0 N–H and O–H groups in total. The predicted octanol–water partition coefficient (Wildman–Crippen LogP) is 2.42. The highest BCUT2D eigenvalue weighted by Gasteiger charge is 2.23. The monoisotopic (exact) mass is 233 g/mol. The van der Waals surface area contributed by atoms with E-state index in [1.54, 1.807) is 0 Å². The highest BCUT2D eigenvalue weighted by atomic mass is 16.5. The van der Waals surface area contributed by atoms with Gasteiger partial charge in [-0.15, -0.1) is 0 Å². The number of nitrogens with zero attached hydrogens (tertiary/aromatic N) is 1. The number of rotatable bonds is 3. The molecule has 1 aromatic rings. The summed E-state index contributed by atoms with van der Waals surface area (Å²) >= 11 is 0. The van der Waals surface area contributed by atoms with E-state index in [4.69, 9.17) is 4.74 Å². The van der Waals surface area contributed by atoms with Crippen LogP contribution in [-0.2, 0) is 4.74 Å². The van der Waals surface area contributed by atoms with Crippen molar-refractivity contribution < 1.29 is 9.53 Å². The van der Waals surface area contributed by atoms with Gasteiger partial charge in [0.05, 0.1) is 19.3 Å². The van der Waals surface area contributed by atoms with Crippen molar-refractivity contribution in [3.8, 4) is 0 Å². The Morgan fingerprint density at radius 2 is 2.35 bits per heavy atom. The van der Waals surface area contributed by atoms with Crippen molar-refractivity contribution in [2.75, 3.05) is 24.7 Å². The van der Waals surface area contributed by atoms with Crippen LogP contribution in [0.1, 0.15) is 29.3 Å². The van der Waals surface area contributed by atoms with Crippen LogP contribution in [0.3, 0.4) is 0 Å². The Kier molecular flexibility index (Phi) is 3.79. The summed E-state index contributed by atoms with van der Waals surface area (Å²) in [6.07, 6.45) is 1.98. The first-order chi connectivity index (χ1) is 8.26. The SMILES string of the molecule is CCC1COCCN1c1ccc(C)cc1C=O. The summed E-state index contributed by atoms with van der Waals surface area (Å²) in [6, 6.07) is 6.44. The molecule has 1 unspecified atom stereocenters. The van der Waals surface area contributed by atoms with Crippen LogP contribution in [-0.4, -0.2) is 32.1 Å². The lowest BCUT2D eigenvalue weighted by atomic mass is 10.1. The van der Waals surface area contributed by atoms with Gasteiger partial charge in [0.25, 0.3) is 0 Å². The fourth-order valence-electron chi connectivity index (χ4n) is 2.34. The number of ether oxygens (including phenoxy) is 1. The fraction of sp³-hybridized carbons (Fsp3) is 0.500. The average molecular weight is 233 g/mol. The van der Waals surface area contributed by atoms with E-state index in [0.29, 0.717) is 6.04 Å². The molecule has 0 aromatic heterocycles. The Morgan fingerprint density at radius 1 is 1.53 bits per heavy atom. The number of aryl methyl sites for hydroxylation is 1.